The molecule has 0 unspecified atom stereocenters. The van der Waals surface area contributed by atoms with Gasteiger partial charge in [-0.1, -0.05) is 54.6 Å². The molecule has 0 fully saturated rings. The Morgan fingerprint density at radius 3 is 2.14 bits per heavy atom. The maximum atomic E-state index is 13.1. The van der Waals surface area contributed by atoms with Crippen molar-refractivity contribution in [2.24, 2.45) is 0 Å². The third-order valence-corrected chi connectivity index (χ3v) is 5.28. The van der Waals surface area contributed by atoms with Gasteiger partial charge in [-0.2, -0.15) is 0 Å². The van der Waals surface area contributed by atoms with Crippen molar-refractivity contribution in [3.63, 3.8) is 0 Å². The first-order valence-electron chi connectivity index (χ1n) is 9.13. The predicted octanol–water partition coefficient (Wildman–Crippen LogP) is 3.35. The summed E-state index contributed by atoms with van der Waals surface area (Å²) in [5.41, 5.74) is 2.78. The van der Waals surface area contributed by atoms with Crippen molar-refractivity contribution in [1.82, 2.24) is 9.78 Å². The van der Waals surface area contributed by atoms with Crippen molar-refractivity contribution in [3.05, 3.63) is 105 Å². The quantitative estimate of drug-likeness (QED) is 0.531. The van der Waals surface area contributed by atoms with Gasteiger partial charge in [-0.05, 0) is 24.1 Å². The highest BCUT2D eigenvalue weighted by Crippen LogP contribution is 2.30. The van der Waals surface area contributed by atoms with Crippen LogP contribution < -0.4 is 5.56 Å². The first-order valence-corrected chi connectivity index (χ1v) is 9.13. The molecule has 0 saturated carbocycles. The zero-order valence-electron chi connectivity index (χ0n) is 14.9. The lowest BCUT2D eigenvalue weighted by molar-refractivity contribution is 0.0980. The fourth-order valence-corrected chi connectivity index (χ4v) is 3.86. The third-order valence-electron chi connectivity index (χ3n) is 5.28. The third kappa shape index (κ3) is 2.36. The molecule has 0 bridgehead atoms. The topological polar surface area (TPSA) is 71.9 Å². The fourth-order valence-electron chi connectivity index (χ4n) is 3.86. The molecular formula is C23H16N2O3. The molecule has 5 rings (SSSR count). The summed E-state index contributed by atoms with van der Waals surface area (Å²) >= 11 is 0. The average molecular weight is 368 g/mol. The van der Waals surface area contributed by atoms with E-state index in [1.165, 1.54) is 4.68 Å². The van der Waals surface area contributed by atoms with Gasteiger partial charge in [0.05, 0.1) is 16.5 Å². The van der Waals surface area contributed by atoms with E-state index in [2.05, 4.69) is 5.10 Å². The Bertz CT molecular complexity index is 1310. The minimum atomic E-state index is -0.229. The maximum absolute atomic E-state index is 13.1. The van der Waals surface area contributed by atoms with Crippen LogP contribution in [-0.2, 0) is 13.0 Å². The van der Waals surface area contributed by atoms with Crippen molar-refractivity contribution < 1.29 is 9.59 Å². The predicted molar refractivity (Wildman–Crippen MR) is 106 cm³/mol. The zero-order valence-corrected chi connectivity index (χ0v) is 14.9. The summed E-state index contributed by atoms with van der Waals surface area (Å²) in [6.45, 7) is 0.463. The first kappa shape index (κ1) is 16.4. The second-order valence-corrected chi connectivity index (χ2v) is 6.92. The Hall–Kier alpha value is -3.73. The highest BCUT2D eigenvalue weighted by Gasteiger charge is 2.32. The SMILES string of the molecule is O=C1c2ccccc2C(=O)c2c1ccc1c(=O)n(CCc3ccccc3)[nH]c21. The van der Waals surface area contributed by atoms with E-state index in [0.717, 1.165) is 5.56 Å². The minimum Gasteiger partial charge on any atom is -0.294 e. The molecule has 1 aliphatic rings. The summed E-state index contributed by atoms with van der Waals surface area (Å²) in [5, 5.41) is 3.50. The van der Waals surface area contributed by atoms with Crippen LogP contribution in [-0.4, -0.2) is 21.3 Å². The molecule has 0 radical (unpaired) electrons. The van der Waals surface area contributed by atoms with Gasteiger partial charge in [0.2, 0.25) is 0 Å². The number of rotatable bonds is 3. The number of carbonyl (C=O) groups is 2. The number of fused-ring (bicyclic) bond motifs is 4. The monoisotopic (exact) mass is 368 g/mol. The summed E-state index contributed by atoms with van der Waals surface area (Å²) < 4.78 is 1.51. The van der Waals surface area contributed by atoms with Crippen LogP contribution in [0.2, 0.25) is 0 Å². The Kier molecular flexibility index (Phi) is 3.62. The molecule has 5 nitrogen and oxygen atoms in total. The van der Waals surface area contributed by atoms with E-state index in [0.29, 0.717) is 40.6 Å². The molecule has 4 aromatic rings. The molecule has 1 N–H and O–H groups in total. The van der Waals surface area contributed by atoms with E-state index in [9.17, 15) is 14.4 Å². The number of hydrogen-bond acceptors (Lipinski definition) is 3. The van der Waals surface area contributed by atoms with Crippen LogP contribution in [0.15, 0.2) is 71.5 Å². The highest BCUT2D eigenvalue weighted by molar-refractivity contribution is 6.31. The number of hydrogen-bond donors (Lipinski definition) is 1. The molecule has 1 aromatic heterocycles. The lowest BCUT2D eigenvalue weighted by Gasteiger charge is -2.17. The Balaban J connectivity index is 1.63. The highest BCUT2D eigenvalue weighted by atomic mass is 16.1. The Morgan fingerprint density at radius 2 is 1.39 bits per heavy atom. The van der Waals surface area contributed by atoms with Crippen LogP contribution in [0.1, 0.15) is 37.4 Å². The molecular weight excluding hydrogens is 352 g/mol. The van der Waals surface area contributed by atoms with E-state index < -0.39 is 0 Å². The van der Waals surface area contributed by atoms with Crippen molar-refractivity contribution >= 4 is 22.5 Å². The molecule has 136 valence electrons. The van der Waals surface area contributed by atoms with Crippen molar-refractivity contribution in [2.75, 3.05) is 0 Å². The van der Waals surface area contributed by atoms with Gasteiger partial charge >= 0.3 is 0 Å². The lowest BCUT2D eigenvalue weighted by atomic mass is 9.83. The second kappa shape index (κ2) is 6.16. The van der Waals surface area contributed by atoms with Gasteiger partial charge < -0.3 is 0 Å². The number of benzene rings is 3. The normalized spacial score (nSPS) is 12.9. The van der Waals surface area contributed by atoms with Crippen LogP contribution in [0.25, 0.3) is 10.9 Å². The van der Waals surface area contributed by atoms with Gasteiger partial charge in [0.25, 0.3) is 5.56 Å². The van der Waals surface area contributed by atoms with Crippen molar-refractivity contribution in [2.45, 2.75) is 13.0 Å². The Morgan fingerprint density at radius 1 is 0.714 bits per heavy atom. The van der Waals surface area contributed by atoms with Crippen LogP contribution in [0.4, 0.5) is 0 Å². The number of H-pyrrole nitrogens is 1. The van der Waals surface area contributed by atoms with Gasteiger partial charge in [-0.3, -0.25) is 24.2 Å². The molecule has 5 heteroatoms. The standard InChI is InChI=1S/C23H16N2O3/c26-21-15-8-4-5-9-16(15)22(27)19-17(21)10-11-18-20(19)24-25(23(18)28)13-12-14-6-2-1-3-7-14/h1-11,24H,12-13H2. The zero-order chi connectivity index (χ0) is 19.3. The molecule has 3 aromatic carbocycles. The van der Waals surface area contributed by atoms with Gasteiger partial charge in [0, 0.05) is 23.2 Å². The van der Waals surface area contributed by atoms with Gasteiger partial charge in [-0.15, -0.1) is 0 Å². The number of ketones is 2. The number of aromatic nitrogens is 2. The smallest absolute Gasteiger partial charge is 0.274 e. The van der Waals surface area contributed by atoms with Crippen LogP contribution in [0, 0.1) is 0 Å². The van der Waals surface area contributed by atoms with E-state index in [-0.39, 0.29) is 22.7 Å². The summed E-state index contributed by atoms with van der Waals surface area (Å²) in [4.78, 5) is 38.7. The molecule has 0 aliphatic heterocycles. The minimum absolute atomic E-state index is 0.187. The van der Waals surface area contributed by atoms with E-state index in [1.807, 2.05) is 30.3 Å². The molecule has 0 amide bonds. The van der Waals surface area contributed by atoms with Crippen molar-refractivity contribution in [1.29, 1.82) is 0 Å². The number of aryl methyl sites for hydroxylation is 2. The fraction of sp³-hybridized carbons (Fsp3) is 0.0870. The molecule has 0 atom stereocenters. The molecule has 28 heavy (non-hydrogen) atoms. The number of carbonyl (C=O) groups excluding carboxylic acids is 2. The van der Waals surface area contributed by atoms with E-state index in [4.69, 9.17) is 0 Å². The van der Waals surface area contributed by atoms with Crippen LogP contribution in [0.3, 0.4) is 0 Å². The van der Waals surface area contributed by atoms with E-state index in [1.54, 1.807) is 36.4 Å². The first-order chi connectivity index (χ1) is 13.6. The van der Waals surface area contributed by atoms with Crippen molar-refractivity contribution in [3.8, 4) is 0 Å². The van der Waals surface area contributed by atoms with Gasteiger partial charge in [0.15, 0.2) is 11.6 Å². The molecule has 0 saturated heterocycles. The summed E-state index contributed by atoms with van der Waals surface area (Å²) in [5.74, 6) is -0.419. The summed E-state index contributed by atoms with van der Waals surface area (Å²) in [7, 11) is 0. The van der Waals surface area contributed by atoms with Gasteiger partial charge in [0.1, 0.15) is 0 Å². The average Bonchev–Trinajstić information content (AvgIpc) is 3.06. The van der Waals surface area contributed by atoms with Crippen LogP contribution in [0.5, 0.6) is 0 Å². The maximum Gasteiger partial charge on any atom is 0.274 e. The number of aromatic amines is 1. The molecule has 0 spiro atoms. The second-order valence-electron chi connectivity index (χ2n) is 6.92. The summed E-state index contributed by atoms with van der Waals surface area (Å²) in [6, 6.07) is 19.9. The van der Waals surface area contributed by atoms with Crippen LogP contribution >= 0.6 is 0 Å². The number of nitrogens with one attached hydrogen (secondary N) is 1. The molecule has 1 aliphatic carbocycles. The summed E-state index contributed by atoms with van der Waals surface area (Å²) in [6.07, 6.45) is 0.686. The van der Waals surface area contributed by atoms with Gasteiger partial charge in [-0.25, -0.2) is 0 Å². The molecule has 1 heterocycles. The Labute approximate surface area is 160 Å². The number of nitrogens with zero attached hydrogens (tertiary/aromatic N) is 1. The van der Waals surface area contributed by atoms with E-state index >= 15 is 0 Å². The largest absolute Gasteiger partial charge is 0.294 e. The lowest BCUT2D eigenvalue weighted by Crippen LogP contribution is -2.21.